The summed E-state index contributed by atoms with van der Waals surface area (Å²) < 4.78 is 9.36. The standard InChI is InChI=1S/C19H20N2O3.C15H15NO2.C3H7N/c1-24-18(22)16-10-8-15(9-11-16)14-21(17-6-3-2-4-7-17)19(23)20-12-5-13-20;1-18-15(17)13-9-7-12(8-10-13)11-16-14-5-3-2-4-6-14;1-2-4-3-1/h2-4,6-11H,5,12-14H2,1H3;2-10,16H,11H2,1H3;4H,1-3H2. The summed E-state index contributed by atoms with van der Waals surface area (Å²) >= 11 is 0. The van der Waals surface area contributed by atoms with Crippen LogP contribution in [0.2, 0.25) is 0 Å². The topological polar surface area (TPSA) is 100 Å². The Morgan fingerprint density at radius 3 is 1.61 bits per heavy atom. The van der Waals surface area contributed by atoms with Crippen LogP contribution in [0.4, 0.5) is 16.2 Å². The fourth-order valence-electron chi connectivity index (χ4n) is 4.42. The maximum Gasteiger partial charge on any atom is 0.337 e. The predicted octanol–water partition coefficient (Wildman–Crippen LogP) is 6.37. The van der Waals surface area contributed by atoms with E-state index in [1.54, 1.807) is 29.2 Å². The van der Waals surface area contributed by atoms with E-state index in [1.165, 1.54) is 33.7 Å². The Balaban J connectivity index is 0.000000192. The number of carbonyl (C=O) groups excluding carboxylic acids is 3. The van der Waals surface area contributed by atoms with Crippen LogP contribution in [-0.2, 0) is 22.6 Å². The zero-order chi connectivity index (χ0) is 32.6. The number of amides is 2. The Bertz CT molecular complexity index is 1500. The average Bonchev–Trinajstić information content (AvgIpc) is 3.05. The molecular formula is C37H42N4O5. The Morgan fingerprint density at radius 1 is 0.696 bits per heavy atom. The highest BCUT2D eigenvalue weighted by molar-refractivity contribution is 5.92. The molecule has 2 amide bonds. The van der Waals surface area contributed by atoms with Gasteiger partial charge in [0.2, 0.25) is 0 Å². The van der Waals surface area contributed by atoms with Crippen molar-refractivity contribution in [1.82, 2.24) is 10.2 Å². The lowest BCUT2D eigenvalue weighted by Crippen LogP contribution is -2.49. The molecule has 0 unspecified atom stereocenters. The van der Waals surface area contributed by atoms with E-state index in [0.717, 1.165) is 48.6 Å². The summed E-state index contributed by atoms with van der Waals surface area (Å²) in [4.78, 5) is 39.1. The van der Waals surface area contributed by atoms with Crippen molar-refractivity contribution in [2.45, 2.75) is 25.9 Å². The van der Waals surface area contributed by atoms with Crippen LogP contribution in [0.25, 0.3) is 0 Å². The van der Waals surface area contributed by atoms with Gasteiger partial charge in [-0.05, 0) is 85.6 Å². The number of nitrogens with one attached hydrogen (secondary N) is 2. The number of esters is 2. The van der Waals surface area contributed by atoms with Gasteiger partial charge >= 0.3 is 18.0 Å². The molecule has 0 radical (unpaired) electrons. The summed E-state index contributed by atoms with van der Waals surface area (Å²) in [5, 5.41) is 6.42. The molecule has 6 rings (SSSR count). The van der Waals surface area contributed by atoms with Gasteiger partial charge in [-0.25, -0.2) is 14.4 Å². The van der Waals surface area contributed by atoms with Crippen LogP contribution in [0, 0.1) is 0 Å². The van der Waals surface area contributed by atoms with E-state index in [1.807, 2.05) is 89.8 Å². The number of para-hydroxylation sites is 2. The smallest absolute Gasteiger partial charge is 0.337 e. The number of benzene rings is 4. The van der Waals surface area contributed by atoms with Gasteiger partial charge in [0.05, 0.1) is 31.9 Å². The second-order valence-corrected chi connectivity index (χ2v) is 10.7. The molecule has 0 saturated carbocycles. The number of hydrogen-bond donors (Lipinski definition) is 2. The summed E-state index contributed by atoms with van der Waals surface area (Å²) in [6.45, 7) is 5.30. The van der Waals surface area contributed by atoms with E-state index < -0.39 is 0 Å². The van der Waals surface area contributed by atoms with Gasteiger partial charge in [-0.3, -0.25) is 4.90 Å². The zero-order valence-electron chi connectivity index (χ0n) is 26.5. The predicted molar refractivity (Wildman–Crippen MR) is 181 cm³/mol. The van der Waals surface area contributed by atoms with Gasteiger partial charge in [0.25, 0.3) is 0 Å². The van der Waals surface area contributed by atoms with E-state index in [4.69, 9.17) is 4.74 Å². The lowest BCUT2D eigenvalue weighted by Gasteiger charge is -2.36. The largest absolute Gasteiger partial charge is 0.465 e. The number of rotatable bonds is 8. The van der Waals surface area contributed by atoms with E-state index in [9.17, 15) is 14.4 Å². The first-order valence-corrected chi connectivity index (χ1v) is 15.4. The third-order valence-electron chi connectivity index (χ3n) is 7.49. The van der Waals surface area contributed by atoms with Crippen molar-refractivity contribution in [3.05, 3.63) is 131 Å². The third kappa shape index (κ3) is 10.2. The van der Waals surface area contributed by atoms with Gasteiger partial charge < -0.3 is 25.0 Å². The van der Waals surface area contributed by atoms with Gasteiger partial charge in [-0.15, -0.1) is 0 Å². The average molecular weight is 623 g/mol. The minimum atomic E-state index is -0.363. The van der Waals surface area contributed by atoms with Gasteiger partial charge in [-0.1, -0.05) is 60.7 Å². The van der Waals surface area contributed by atoms with Crippen LogP contribution in [0.3, 0.4) is 0 Å². The highest BCUT2D eigenvalue weighted by Crippen LogP contribution is 2.21. The number of anilines is 2. The highest BCUT2D eigenvalue weighted by Gasteiger charge is 2.26. The molecule has 4 aromatic carbocycles. The summed E-state index contributed by atoms with van der Waals surface area (Å²) in [6.07, 6.45) is 2.45. The van der Waals surface area contributed by atoms with E-state index in [0.29, 0.717) is 17.7 Å². The number of likely N-dealkylation sites (tertiary alicyclic amines) is 1. The first-order chi connectivity index (χ1) is 22.5. The SMILES string of the molecule is C1CNC1.COC(=O)c1ccc(CN(C(=O)N2CCC2)c2ccccc2)cc1.COC(=O)c1ccc(CNc2ccccc2)cc1. The van der Waals surface area contributed by atoms with Crippen molar-refractivity contribution in [1.29, 1.82) is 0 Å². The van der Waals surface area contributed by atoms with E-state index in [2.05, 4.69) is 15.4 Å². The lowest BCUT2D eigenvalue weighted by atomic mass is 10.1. The highest BCUT2D eigenvalue weighted by atomic mass is 16.5. The number of methoxy groups -OCH3 is 2. The molecule has 2 saturated heterocycles. The van der Waals surface area contributed by atoms with Crippen molar-refractivity contribution in [3.63, 3.8) is 0 Å². The summed E-state index contributed by atoms with van der Waals surface area (Å²) in [5.74, 6) is -0.671. The molecular weight excluding hydrogens is 580 g/mol. The molecule has 2 aliphatic heterocycles. The second-order valence-electron chi connectivity index (χ2n) is 10.7. The fourth-order valence-corrected chi connectivity index (χ4v) is 4.42. The van der Waals surface area contributed by atoms with Crippen LogP contribution in [0.1, 0.15) is 44.7 Å². The lowest BCUT2D eigenvalue weighted by molar-refractivity contribution is 0.0592. The zero-order valence-corrected chi connectivity index (χ0v) is 26.5. The number of nitrogens with zero attached hydrogens (tertiary/aromatic N) is 2. The van der Waals surface area contributed by atoms with Crippen LogP contribution < -0.4 is 15.5 Å². The Morgan fingerprint density at radius 2 is 1.17 bits per heavy atom. The fraction of sp³-hybridized carbons (Fsp3) is 0.270. The maximum absolute atomic E-state index is 12.7. The molecule has 2 fully saturated rings. The summed E-state index contributed by atoms with van der Waals surface area (Å²) in [7, 11) is 2.74. The Kier molecular flexibility index (Phi) is 13.2. The van der Waals surface area contributed by atoms with Crippen molar-refractivity contribution in [2.75, 3.05) is 50.6 Å². The molecule has 9 heteroatoms. The van der Waals surface area contributed by atoms with Gasteiger partial charge in [0, 0.05) is 31.0 Å². The molecule has 2 N–H and O–H groups in total. The van der Waals surface area contributed by atoms with Crippen molar-refractivity contribution >= 4 is 29.3 Å². The first kappa shape index (κ1) is 33.7. The van der Waals surface area contributed by atoms with Crippen LogP contribution in [-0.4, -0.2) is 63.3 Å². The molecule has 0 bridgehead atoms. The van der Waals surface area contributed by atoms with Crippen LogP contribution >= 0.6 is 0 Å². The molecule has 2 heterocycles. The minimum absolute atomic E-state index is 0.0181. The van der Waals surface area contributed by atoms with Crippen molar-refractivity contribution < 1.29 is 23.9 Å². The maximum atomic E-state index is 12.7. The number of urea groups is 1. The molecule has 4 aromatic rings. The van der Waals surface area contributed by atoms with Gasteiger partial charge in [-0.2, -0.15) is 0 Å². The van der Waals surface area contributed by atoms with Gasteiger partial charge in [0.1, 0.15) is 0 Å². The van der Waals surface area contributed by atoms with Crippen molar-refractivity contribution in [2.24, 2.45) is 0 Å². The first-order valence-electron chi connectivity index (χ1n) is 15.4. The van der Waals surface area contributed by atoms with E-state index >= 15 is 0 Å². The molecule has 2 aliphatic rings. The van der Waals surface area contributed by atoms with Crippen LogP contribution in [0.5, 0.6) is 0 Å². The quantitative estimate of drug-likeness (QED) is 0.220. The third-order valence-corrected chi connectivity index (χ3v) is 7.49. The molecule has 9 nitrogen and oxygen atoms in total. The van der Waals surface area contributed by atoms with Crippen LogP contribution in [0.15, 0.2) is 109 Å². The second kappa shape index (κ2) is 18.0. The summed E-state index contributed by atoms with van der Waals surface area (Å²) in [5.41, 5.74) is 5.09. The Labute approximate surface area is 271 Å². The van der Waals surface area contributed by atoms with Crippen molar-refractivity contribution in [3.8, 4) is 0 Å². The van der Waals surface area contributed by atoms with Gasteiger partial charge in [0.15, 0.2) is 0 Å². The summed E-state index contributed by atoms with van der Waals surface area (Å²) in [6, 6.07) is 34.2. The number of ether oxygens (including phenoxy) is 2. The Hall–Kier alpha value is -5.15. The normalized spacial score (nSPS) is 12.8. The molecule has 0 aliphatic carbocycles. The number of carbonyl (C=O) groups is 3. The molecule has 240 valence electrons. The minimum Gasteiger partial charge on any atom is -0.465 e. The monoisotopic (exact) mass is 622 g/mol. The molecule has 0 aromatic heterocycles. The molecule has 46 heavy (non-hydrogen) atoms. The number of hydrogen-bond acceptors (Lipinski definition) is 7. The van der Waals surface area contributed by atoms with E-state index in [-0.39, 0.29) is 18.0 Å². The molecule has 0 atom stereocenters. The molecule has 0 spiro atoms.